The van der Waals surface area contributed by atoms with Crippen molar-refractivity contribution in [3.63, 3.8) is 0 Å². The Bertz CT molecular complexity index is 247. The lowest BCUT2D eigenvalue weighted by molar-refractivity contribution is 0.273. The molecule has 0 amide bonds. The van der Waals surface area contributed by atoms with Crippen LogP contribution in [0, 0.1) is 17.8 Å². The quantitative estimate of drug-likeness (QED) is 0.201. The van der Waals surface area contributed by atoms with E-state index in [2.05, 4.69) is 48.5 Å². The minimum absolute atomic E-state index is 0.771. The summed E-state index contributed by atoms with van der Waals surface area (Å²) in [7, 11) is -1.57. The van der Waals surface area contributed by atoms with Crippen LogP contribution in [0.5, 0.6) is 0 Å². The molecule has 2 heteroatoms. The van der Waals surface area contributed by atoms with E-state index in [0.29, 0.717) is 0 Å². The van der Waals surface area contributed by atoms with Crippen LogP contribution < -0.4 is 0 Å². The maximum Gasteiger partial charge on any atom is 0.193 e. The molecule has 24 heavy (non-hydrogen) atoms. The van der Waals surface area contributed by atoms with Crippen molar-refractivity contribution < 1.29 is 4.43 Å². The van der Waals surface area contributed by atoms with Crippen molar-refractivity contribution in [3.05, 3.63) is 0 Å². The molecule has 0 aliphatic carbocycles. The van der Waals surface area contributed by atoms with E-state index in [0.717, 1.165) is 24.4 Å². The Kier molecular flexibility index (Phi) is 14.5. The lowest BCUT2D eigenvalue weighted by atomic mass is 10.1. The normalized spacial score (nSPS) is 12.8. The van der Waals surface area contributed by atoms with E-state index in [1.165, 1.54) is 69.5 Å². The number of unbranched alkanes of at least 4 members (excludes halogenated alkanes) is 7. The van der Waals surface area contributed by atoms with Crippen molar-refractivity contribution in [3.8, 4) is 0 Å². The first-order valence-corrected chi connectivity index (χ1v) is 13.5. The van der Waals surface area contributed by atoms with E-state index in [4.69, 9.17) is 4.43 Å². The Morgan fingerprint density at radius 2 is 0.958 bits per heavy atom. The Balaban J connectivity index is 4.24. The highest BCUT2D eigenvalue weighted by Crippen LogP contribution is 2.33. The minimum atomic E-state index is -1.57. The third-order valence-electron chi connectivity index (χ3n) is 4.75. The molecule has 0 N–H and O–H groups in total. The average Bonchev–Trinajstić information content (AvgIpc) is 2.43. The SMILES string of the molecule is CCCCCCCCCCO[Si](CC(C)C)(CC(C)C)CC(C)C. The summed E-state index contributed by atoms with van der Waals surface area (Å²) in [6.45, 7) is 17.6. The molecule has 0 aliphatic heterocycles. The second-order valence-electron chi connectivity index (χ2n) is 9.30. The van der Waals surface area contributed by atoms with Crippen LogP contribution in [0.3, 0.4) is 0 Å². The minimum Gasteiger partial charge on any atom is -0.417 e. The summed E-state index contributed by atoms with van der Waals surface area (Å²) in [6, 6.07) is 4.04. The summed E-state index contributed by atoms with van der Waals surface area (Å²) < 4.78 is 6.75. The van der Waals surface area contributed by atoms with Gasteiger partial charge in [0.1, 0.15) is 0 Å². The highest BCUT2D eigenvalue weighted by atomic mass is 28.4. The second-order valence-corrected chi connectivity index (χ2v) is 13.2. The van der Waals surface area contributed by atoms with E-state index < -0.39 is 8.32 Å². The number of rotatable bonds is 16. The van der Waals surface area contributed by atoms with Crippen LogP contribution in [-0.4, -0.2) is 14.9 Å². The average molecular weight is 357 g/mol. The molecule has 0 fully saturated rings. The fourth-order valence-electron chi connectivity index (χ4n) is 4.18. The molecule has 0 aromatic heterocycles. The molecule has 0 aromatic carbocycles. The van der Waals surface area contributed by atoms with Gasteiger partial charge in [-0.1, -0.05) is 93.4 Å². The Labute approximate surface area is 155 Å². The summed E-state index contributed by atoms with van der Waals surface area (Å²) in [5.41, 5.74) is 0. The topological polar surface area (TPSA) is 9.23 Å². The molecular weight excluding hydrogens is 308 g/mol. The van der Waals surface area contributed by atoms with Crippen molar-refractivity contribution in [2.24, 2.45) is 17.8 Å². The monoisotopic (exact) mass is 356 g/mol. The summed E-state index contributed by atoms with van der Waals surface area (Å²) >= 11 is 0. The van der Waals surface area contributed by atoms with Gasteiger partial charge in [-0.15, -0.1) is 0 Å². The zero-order chi connectivity index (χ0) is 18.4. The van der Waals surface area contributed by atoms with E-state index in [1.807, 2.05) is 0 Å². The summed E-state index contributed by atoms with van der Waals surface area (Å²) in [6.07, 6.45) is 11.1. The van der Waals surface area contributed by atoms with Gasteiger partial charge in [-0.2, -0.15) is 0 Å². The van der Waals surface area contributed by atoms with Crippen LogP contribution in [0.2, 0.25) is 18.1 Å². The van der Waals surface area contributed by atoms with E-state index in [9.17, 15) is 0 Å². The van der Waals surface area contributed by atoms with E-state index >= 15 is 0 Å². The van der Waals surface area contributed by atoms with Crippen molar-refractivity contribution in [2.75, 3.05) is 6.61 Å². The molecule has 0 saturated heterocycles. The molecule has 0 bridgehead atoms. The van der Waals surface area contributed by atoms with Crippen molar-refractivity contribution in [1.29, 1.82) is 0 Å². The standard InChI is InChI=1S/C22H48OSi/c1-8-9-10-11-12-13-14-15-16-23-24(17-20(2)3,18-21(4)5)19-22(6)7/h20-22H,8-19H2,1-7H3. The lowest BCUT2D eigenvalue weighted by Crippen LogP contribution is -2.42. The Morgan fingerprint density at radius 1 is 0.583 bits per heavy atom. The third kappa shape index (κ3) is 13.5. The molecule has 0 saturated carbocycles. The first-order chi connectivity index (χ1) is 11.3. The van der Waals surface area contributed by atoms with Crippen molar-refractivity contribution >= 4 is 8.32 Å². The molecule has 0 radical (unpaired) electrons. The maximum absolute atomic E-state index is 6.75. The van der Waals surface area contributed by atoms with E-state index in [-0.39, 0.29) is 0 Å². The Morgan fingerprint density at radius 3 is 1.33 bits per heavy atom. The molecule has 0 atom stereocenters. The van der Waals surface area contributed by atoms with Crippen LogP contribution >= 0.6 is 0 Å². The molecule has 146 valence electrons. The molecule has 0 unspecified atom stereocenters. The van der Waals surface area contributed by atoms with Crippen LogP contribution in [0.1, 0.15) is 99.8 Å². The Hall–Kier alpha value is 0.177. The van der Waals surface area contributed by atoms with E-state index in [1.54, 1.807) is 0 Å². The first kappa shape index (κ1) is 24.2. The summed E-state index contributed by atoms with van der Waals surface area (Å²) in [5, 5.41) is 0. The molecule has 0 spiro atoms. The van der Waals surface area contributed by atoms with Gasteiger partial charge in [0, 0.05) is 6.61 Å². The van der Waals surface area contributed by atoms with Gasteiger partial charge in [-0.3, -0.25) is 0 Å². The highest BCUT2D eigenvalue weighted by Gasteiger charge is 2.36. The number of hydrogen-bond donors (Lipinski definition) is 0. The summed E-state index contributed by atoms with van der Waals surface area (Å²) in [4.78, 5) is 0. The van der Waals surface area contributed by atoms with Gasteiger partial charge in [0.25, 0.3) is 0 Å². The predicted octanol–water partition coefficient (Wildman–Crippen LogP) is 8.06. The molecule has 0 rings (SSSR count). The smallest absolute Gasteiger partial charge is 0.193 e. The van der Waals surface area contributed by atoms with Crippen LogP contribution in [0.15, 0.2) is 0 Å². The van der Waals surface area contributed by atoms with Gasteiger partial charge in [-0.25, -0.2) is 0 Å². The molecule has 1 nitrogen and oxygen atoms in total. The first-order valence-electron chi connectivity index (χ1n) is 10.9. The van der Waals surface area contributed by atoms with Crippen molar-refractivity contribution in [1.82, 2.24) is 0 Å². The van der Waals surface area contributed by atoms with Gasteiger partial charge in [-0.05, 0) is 42.3 Å². The van der Waals surface area contributed by atoms with Crippen LogP contribution in [-0.2, 0) is 4.43 Å². The fraction of sp³-hybridized carbons (Fsp3) is 1.00. The highest BCUT2D eigenvalue weighted by molar-refractivity contribution is 6.74. The largest absolute Gasteiger partial charge is 0.417 e. The molecule has 0 aliphatic rings. The fourth-order valence-corrected chi connectivity index (χ4v) is 10.1. The molecule has 0 aromatic rings. The molecular formula is C22H48OSi. The zero-order valence-corrected chi connectivity index (χ0v) is 19.1. The van der Waals surface area contributed by atoms with Crippen LogP contribution in [0.4, 0.5) is 0 Å². The van der Waals surface area contributed by atoms with Crippen LogP contribution in [0.25, 0.3) is 0 Å². The van der Waals surface area contributed by atoms with Gasteiger partial charge in [0.2, 0.25) is 0 Å². The summed E-state index contributed by atoms with van der Waals surface area (Å²) in [5.74, 6) is 2.31. The second kappa shape index (κ2) is 14.4. The molecule has 0 heterocycles. The van der Waals surface area contributed by atoms with Gasteiger partial charge >= 0.3 is 0 Å². The maximum atomic E-state index is 6.75. The van der Waals surface area contributed by atoms with Gasteiger partial charge in [0.15, 0.2) is 8.32 Å². The lowest BCUT2D eigenvalue weighted by Gasteiger charge is -2.36. The van der Waals surface area contributed by atoms with Gasteiger partial charge < -0.3 is 4.43 Å². The van der Waals surface area contributed by atoms with Gasteiger partial charge in [0.05, 0.1) is 0 Å². The zero-order valence-electron chi connectivity index (χ0n) is 18.1. The van der Waals surface area contributed by atoms with Crippen molar-refractivity contribution in [2.45, 2.75) is 118 Å². The predicted molar refractivity (Wildman–Crippen MR) is 113 cm³/mol. The number of hydrogen-bond acceptors (Lipinski definition) is 1. The third-order valence-corrected chi connectivity index (χ3v) is 10.2.